The number of carbonyl (C=O) groups is 2. The van der Waals surface area contributed by atoms with Gasteiger partial charge in [0.1, 0.15) is 11.5 Å². The number of ether oxygens (including phenoxy) is 1. The number of benzene rings is 1. The number of hydrogen-bond donors (Lipinski definition) is 1. The van der Waals surface area contributed by atoms with Crippen molar-refractivity contribution in [3.05, 3.63) is 66.6 Å². The highest BCUT2D eigenvalue weighted by Crippen LogP contribution is 2.26. The lowest BCUT2D eigenvalue weighted by Gasteiger charge is -2.16. The molecule has 8 heteroatoms. The number of furan rings is 1. The van der Waals surface area contributed by atoms with Crippen LogP contribution in [0.5, 0.6) is 0 Å². The van der Waals surface area contributed by atoms with E-state index in [1.807, 2.05) is 32.0 Å². The van der Waals surface area contributed by atoms with Gasteiger partial charge in [-0.15, -0.1) is 0 Å². The number of esters is 1. The van der Waals surface area contributed by atoms with Gasteiger partial charge in [0, 0.05) is 17.5 Å². The van der Waals surface area contributed by atoms with Gasteiger partial charge in [0.25, 0.3) is 5.91 Å². The van der Waals surface area contributed by atoms with Gasteiger partial charge in [-0.2, -0.15) is 5.10 Å². The molecular formula is C23H22N4O4. The lowest BCUT2D eigenvalue weighted by Crippen LogP contribution is -2.31. The molecule has 0 spiro atoms. The standard InChI is InChI=1S/C23H22N4O4/c1-14(2)27-21(10-11-24-27)26-22(28)15(3)31-23(29)17-13-19(20-9-6-12-30-20)25-18-8-5-4-7-16(17)18/h4-15H,1-3H3,(H,26,28). The fourth-order valence-electron chi connectivity index (χ4n) is 3.23. The van der Waals surface area contributed by atoms with Crippen LogP contribution in [0.4, 0.5) is 5.82 Å². The van der Waals surface area contributed by atoms with Gasteiger partial charge in [0.05, 0.1) is 23.5 Å². The third kappa shape index (κ3) is 4.18. The predicted molar refractivity (Wildman–Crippen MR) is 116 cm³/mol. The van der Waals surface area contributed by atoms with Gasteiger partial charge in [-0.1, -0.05) is 18.2 Å². The summed E-state index contributed by atoms with van der Waals surface area (Å²) in [6.45, 7) is 5.44. The van der Waals surface area contributed by atoms with Crippen molar-refractivity contribution in [3.63, 3.8) is 0 Å². The van der Waals surface area contributed by atoms with Crippen LogP contribution >= 0.6 is 0 Å². The third-order valence-electron chi connectivity index (χ3n) is 4.77. The van der Waals surface area contributed by atoms with Gasteiger partial charge < -0.3 is 14.5 Å². The van der Waals surface area contributed by atoms with Gasteiger partial charge in [-0.05, 0) is 45.0 Å². The fraction of sp³-hybridized carbons (Fsp3) is 0.217. The van der Waals surface area contributed by atoms with E-state index in [1.54, 1.807) is 47.5 Å². The Morgan fingerprint density at radius 2 is 1.90 bits per heavy atom. The quantitative estimate of drug-likeness (QED) is 0.464. The summed E-state index contributed by atoms with van der Waals surface area (Å²) < 4.78 is 12.6. The molecule has 31 heavy (non-hydrogen) atoms. The van der Waals surface area contributed by atoms with Crippen LogP contribution in [0.1, 0.15) is 37.2 Å². The van der Waals surface area contributed by atoms with E-state index in [0.29, 0.717) is 33.7 Å². The minimum atomic E-state index is -1.01. The monoisotopic (exact) mass is 418 g/mol. The molecule has 0 radical (unpaired) electrons. The summed E-state index contributed by atoms with van der Waals surface area (Å²) in [6.07, 6.45) is 2.13. The Morgan fingerprint density at radius 3 is 2.65 bits per heavy atom. The summed E-state index contributed by atoms with van der Waals surface area (Å²) in [5, 5.41) is 7.57. The maximum Gasteiger partial charge on any atom is 0.339 e. The highest BCUT2D eigenvalue weighted by Gasteiger charge is 2.23. The lowest BCUT2D eigenvalue weighted by atomic mass is 10.1. The Bertz CT molecular complexity index is 1230. The molecule has 158 valence electrons. The second-order valence-electron chi connectivity index (χ2n) is 7.34. The number of fused-ring (bicyclic) bond motifs is 1. The molecule has 0 aliphatic carbocycles. The highest BCUT2D eigenvalue weighted by atomic mass is 16.5. The summed E-state index contributed by atoms with van der Waals surface area (Å²) in [6, 6.07) is 14.1. The summed E-state index contributed by atoms with van der Waals surface area (Å²) in [5.41, 5.74) is 1.44. The SMILES string of the molecule is CC(OC(=O)c1cc(-c2ccco2)nc2ccccc12)C(=O)Nc1ccnn1C(C)C. The number of amides is 1. The molecule has 1 atom stereocenters. The molecule has 0 aliphatic heterocycles. The number of pyridine rings is 1. The molecule has 0 saturated carbocycles. The molecule has 0 aliphatic rings. The van der Waals surface area contributed by atoms with E-state index in [0.717, 1.165) is 0 Å². The summed E-state index contributed by atoms with van der Waals surface area (Å²) in [5.74, 6) is 0.0108. The smallest absolute Gasteiger partial charge is 0.339 e. The van der Waals surface area contributed by atoms with Crippen LogP contribution in [0.15, 0.2) is 65.4 Å². The van der Waals surface area contributed by atoms with E-state index in [9.17, 15) is 9.59 Å². The number of nitrogens with one attached hydrogen (secondary N) is 1. The van der Waals surface area contributed by atoms with Crippen LogP contribution in [0, 0.1) is 0 Å². The number of nitrogens with zero attached hydrogens (tertiary/aromatic N) is 3. The molecule has 1 amide bonds. The largest absolute Gasteiger partial charge is 0.463 e. The molecule has 1 unspecified atom stereocenters. The van der Waals surface area contributed by atoms with Crippen LogP contribution in [-0.2, 0) is 9.53 Å². The Hall–Kier alpha value is -3.94. The van der Waals surface area contributed by atoms with Crippen molar-refractivity contribution < 1.29 is 18.7 Å². The first-order valence-electron chi connectivity index (χ1n) is 9.93. The van der Waals surface area contributed by atoms with Crippen molar-refractivity contribution in [2.24, 2.45) is 0 Å². The minimum Gasteiger partial charge on any atom is -0.463 e. The molecule has 4 rings (SSSR count). The zero-order valence-electron chi connectivity index (χ0n) is 17.4. The van der Waals surface area contributed by atoms with Crippen molar-refractivity contribution in [1.82, 2.24) is 14.8 Å². The number of carbonyl (C=O) groups excluding carboxylic acids is 2. The Balaban J connectivity index is 1.58. The molecule has 1 N–H and O–H groups in total. The lowest BCUT2D eigenvalue weighted by molar-refractivity contribution is -0.123. The molecule has 0 bridgehead atoms. The van der Waals surface area contributed by atoms with Gasteiger partial charge in [0.2, 0.25) is 0 Å². The number of para-hydroxylation sites is 1. The van der Waals surface area contributed by atoms with Crippen LogP contribution in [0.25, 0.3) is 22.4 Å². The van der Waals surface area contributed by atoms with Crippen molar-refractivity contribution in [2.45, 2.75) is 32.9 Å². The van der Waals surface area contributed by atoms with Crippen LogP contribution in [-0.4, -0.2) is 32.7 Å². The van der Waals surface area contributed by atoms with Gasteiger partial charge >= 0.3 is 5.97 Å². The van der Waals surface area contributed by atoms with Crippen LogP contribution < -0.4 is 5.32 Å². The summed E-state index contributed by atoms with van der Waals surface area (Å²) >= 11 is 0. The third-order valence-corrected chi connectivity index (χ3v) is 4.77. The normalized spacial score (nSPS) is 12.1. The predicted octanol–water partition coefficient (Wildman–Crippen LogP) is 4.46. The first kappa shape index (κ1) is 20.3. The molecule has 3 aromatic heterocycles. The average molecular weight is 418 g/mol. The molecule has 1 aromatic carbocycles. The van der Waals surface area contributed by atoms with E-state index in [-0.39, 0.29) is 6.04 Å². The molecule has 4 aromatic rings. The van der Waals surface area contributed by atoms with Crippen molar-refractivity contribution in [1.29, 1.82) is 0 Å². The zero-order chi connectivity index (χ0) is 22.0. The number of aromatic nitrogens is 3. The molecule has 0 saturated heterocycles. The number of hydrogen-bond acceptors (Lipinski definition) is 6. The van der Waals surface area contributed by atoms with Gasteiger partial charge in [-0.25, -0.2) is 14.5 Å². The van der Waals surface area contributed by atoms with Gasteiger partial charge in [0.15, 0.2) is 11.9 Å². The Morgan fingerprint density at radius 1 is 1.10 bits per heavy atom. The minimum absolute atomic E-state index is 0.0753. The maximum atomic E-state index is 13.0. The first-order valence-corrected chi connectivity index (χ1v) is 9.93. The Kier molecular flexibility index (Phi) is 5.53. The molecule has 8 nitrogen and oxygen atoms in total. The topological polar surface area (TPSA) is 99.2 Å². The number of anilines is 1. The van der Waals surface area contributed by atoms with Gasteiger partial charge in [-0.3, -0.25) is 4.79 Å². The van der Waals surface area contributed by atoms with E-state index < -0.39 is 18.0 Å². The summed E-state index contributed by atoms with van der Waals surface area (Å²) in [4.78, 5) is 30.2. The zero-order valence-corrected chi connectivity index (χ0v) is 17.4. The van der Waals surface area contributed by atoms with E-state index in [4.69, 9.17) is 9.15 Å². The molecular weight excluding hydrogens is 396 g/mol. The average Bonchev–Trinajstić information content (AvgIpc) is 3.45. The maximum absolute atomic E-state index is 13.0. The molecule has 3 heterocycles. The van der Waals surface area contributed by atoms with E-state index in [1.165, 1.54) is 6.92 Å². The second-order valence-corrected chi connectivity index (χ2v) is 7.34. The molecule has 0 fully saturated rings. The highest BCUT2D eigenvalue weighted by molar-refractivity contribution is 6.05. The summed E-state index contributed by atoms with van der Waals surface area (Å²) in [7, 11) is 0. The van der Waals surface area contributed by atoms with Crippen molar-refractivity contribution >= 4 is 28.6 Å². The van der Waals surface area contributed by atoms with Crippen molar-refractivity contribution in [3.8, 4) is 11.5 Å². The first-order chi connectivity index (χ1) is 14.9. The fourth-order valence-corrected chi connectivity index (χ4v) is 3.23. The van der Waals surface area contributed by atoms with Crippen LogP contribution in [0.3, 0.4) is 0 Å². The second kappa shape index (κ2) is 8.43. The van der Waals surface area contributed by atoms with Crippen LogP contribution in [0.2, 0.25) is 0 Å². The van der Waals surface area contributed by atoms with E-state index in [2.05, 4.69) is 15.4 Å². The van der Waals surface area contributed by atoms with E-state index >= 15 is 0 Å². The Labute approximate surface area is 178 Å². The van der Waals surface area contributed by atoms with Crippen molar-refractivity contribution in [2.75, 3.05) is 5.32 Å². The number of rotatable bonds is 6.